The van der Waals surface area contributed by atoms with Crippen LogP contribution in [0.5, 0.6) is 5.75 Å². The Morgan fingerprint density at radius 1 is 1.42 bits per heavy atom. The number of aliphatic hydroxyl groups excluding tert-OH is 1. The number of thioether (sulfide) groups is 1. The van der Waals surface area contributed by atoms with E-state index in [9.17, 15) is 9.90 Å². The van der Waals surface area contributed by atoms with Crippen LogP contribution in [0.25, 0.3) is 10.6 Å². The first-order valence-corrected chi connectivity index (χ1v) is 9.82. The molecule has 1 heterocycles. The Balaban J connectivity index is 2.13. The zero-order valence-corrected chi connectivity index (χ0v) is 15.7. The number of ether oxygens (including phenoxy) is 1. The minimum atomic E-state index is -0.226. The monoisotopic (exact) mass is 366 g/mol. The number of aromatic nitrogens is 1. The number of nitrogens with one attached hydrogen (secondary N) is 1. The predicted molar refractivity (Wildman–Crippen MR) is 100 cm³/mol. The standard InChI is InChI=1S/C17H22N2O3S2/c1-11-15(16(21)19-13(10-20)8-9-23-3)24-17(18-11)12-4-6-14(22-2)7-5-12/h4-7,13,20H,8-10H2,1-3H3,(H,19,21)/t13-/m0/s1. The van der Waals surface area contributed by atoms with Gasteiger partial charge in [-0.15, -0.1) is 11.3 Å². The molecule has 1 aromatic heterocycles. The molecule has 2 rings (SSSR count). The van der Waals surface area contributed by atoms with Gasteiger partial charge in [0.25, 0.3) is 5.91 Å². The summed E-state index contributed by atoms with van der Waals surface area (Å²) in [5.41, 5.74) is 1.65. The molecule has 1 amide bonds. The van der Waals surface area contributed by atoms with Gasteiger partial charge in [-0.25, -0.2) is 4.98 Å². The largest absolute Gasteiger partial charge is 0.497 e. The van der Waals surface area contributed by atoms with Crippen molar-refractivity contribution in [3.63, 3.8) is 0 Å². The molecule has 0 aliphatic heterocycles. The van der Waals surface area contributed by atoms with Crippen molar-refractivity contribution in [2.24, 2.45) is 0 Å². The van der Waals surface area contributed by atoms with Gasteiger partial charge in [-0.2, -0.15) is 11.8 Å². The molecule has 130 valence electrons. The molecule has 0 unspecified atom stereocenters. The van der Waals surface area contributed by atoms with Gasteiger partial charge in [0.05, 0.1) is 25.5 Å². The number of thiazole rings is 1. The normalized spacial score (nSPS) is 12.0. The highest BCUT2D eigenvalue weighted by Crippen LogP contribution is 2.29. The topological polar surface area (TPSA) is 71.5 Å². The molecule has 0 fully saturated rings. The van der Waals surface area contributed by atoms with Gasteiger partial charge < -0.3 is 15.2 Å². The zero-order valence-electron chi connectivity index (χ0n) is 14.0. The number of aliphatic hydroxyl groups is 1. The molecule has 0 aliphatic carbocycles. The molecule has 0 aliphatic rings. The fourth-order valence-electron chi connectivity index (χ4n) is 2.18. The lowest BCUT2D eigenvalue weighted by Gasteiger charge is -2.15. The molecule has 2 N–H and O–H groups in total. The van der Waals surface area contributed by atoms with Gasteiger partial charge in [0.15, 0.2) is 0 Å². The highest BCUT2D eigenvalue weighted by atomic mass is 32.2. The number of hydrogen-bond donors (Lipinski definition) is 2. The van der Waals surface area contributed by atoms with E-state index in [1.807, 2.05) is 37.4 Å². The fourth-order valence-corrected chi connectivity index (χ4v) is 3.68. The molecular weight excluding hydrogens is 344 g/mol. The van der Waals surface area contributed by atoms with Crippen molar-refractivity contribution in [1.29, 1.82) is 0 Å². The SMILES string of the molecule is COc1ccc(-c2nc(C)c(C(=O)N[C@H](CO)CCSC)s2)cc1. The van der Waals surface area contributed by atoms with Gasteiger partial charge >= 0.3 is 0 Å². The third-order valence-electron chi connectivity index (χ3n) is 3.57. The Labute approximate surface area is 150 Å². The van der Waals surface area contributed by atoms with E-state index in [1.165, 1.54) is 11.3 Å². The predicted octanol–water partition coefficient (Wildman–Crippen LogP) is 2.97. The molecule has 2 aromatic rings. The van der Waals surface area contributed by atoms with Crippen LogP contribution in [-0.2, 0) is 0 Å². The summed E-state index contributed by atoms with van der Waals surface area (Å²) < 4.78 is 5.15. The average Bonchev–Trinajstić information content (AvgIpc) is 3.00. The number of nitrogens with zero attached hydrogens (tertiary/aromatic N) is 1. The van der Waals surface area contributed by atoms with Gasteiger partial charge in [-0.1, -0.05) is 0 Å². The van der Waals surface area contributed by atoms with Gasteiger partial charge in [-0.05, 0) is 49.6 Å². The van der Waals surface area contributed by atoms with Crippen molar-refractivity contribution in [3.8, 4) is 16.3 Å². The summed E-state index contributed by atoms with van der Waals surface area (Å²) in [4.78, 5) is 17.6. The van der Waals surface area contributed by atoms with Gasteiger partial charge in [0, 0.05) is 5.56 Å². The lowest BCUT2D eigenvalue weighted by molar-refractivity contribution is 0.0918. The Kier molecular flexibility index (Phi) is 7.08. The van der Waals surface area contributed by atoms with Crippen LogP contribution >= 0.6 is 23.1 Å². The third kappa shape index (κ3) is 4.72. The highest BCUT2D eigenvalue weighted by molar-refractivity contribution is 7.98. The van der Waals surface area contributed by atoms with Crippen molar-refractivity contribution in [2.75, 3.05) is 25.7 Å². The van der Waals surface area contributed by atoms with E-state index in [2.05, 4.69) is 10.3 Å². The van der Waals surface area contributed by atoms with Crippen LogP contribution in [0.4, 0.5) is 0 Å². The van der Waals surface area contributed by atoms with Crippen LogP contribution in [0.2, 0.25) is 0 Å². The van der Waals surface area contributed by atoms with Crippen LogP contribution in [0.15, 0.2) is 24.3 Å². The summed E-state index contributed by atoms with van der Waals surface area (Å²) in [6, 6.07) is 7.36. The first kappa shape index (κ1) is 18.8. The highest BCUT2D eigenvalue weighted by Gasteiger charge is 2.19. The van der Waals surface area contributed by atoms with E-state index < -0.39 is 0 Å². The summed E-state index contributed by atoms with van der Waals surface area (Å²) in [6.07, 6.45) is 2.75. The number of methoxy groups -OCH3 is 1. The number of carbonyl (C=O) groups is 1. The summed E-state index contributed by atoms with van der Waals surface area (Å²) >= 11 is 3.05. The van der Waals surface area contributed by atoms with Crippen molar-refractivity contribution in [1.82, 2.24) is 10.3 Å². The minimum Gasteiger partial charge on any atom is -0.497 e. The quantitative estimate of drug-likeness (QED) is 0.751. The maximum Gasteiger partial charge on any atom is 0.263 e. The van der Waals surface area contributed by atoms with Crippen molar-refractivity contribution >= 4 is 29.0 Å². The number of hydrogen-bond acceptors (Lipinski definition) is 6. The van der Waals surface area contributed by atoms with Crippen LogP contribution in [0.1, 0.15) is 21.8 Å². The lowest BCUT2D eigenvalue weighted by Crippen LogP contribution is -2.37. The molecule has 0 spiro atoms. The van der Waals surface area contributed by atoms with Crippen LogP contribution in [0.3, 0.4) is 0 Å². The third-order valence-corrected chi connectivity index (χ3v) is 5.42. The van der Waals surface area contributed by atoms with Crippen LogP contribution < -0.4 is 10.1 Å². The van der Waals surface area contributed by atoms with E-state index in [-0.39, 0.29) is 18.6 Å². The van der Waals surface area contributed by atoms with Gasteiger partial charge in [0.1, 0.15) is 15.6 Å². The van der Waals surface area contributed by atoms with E-state index >= 15 is 0 Å². The maximum atomic E-state index is 12.5. The maximum absolute atomic E-state index is 12.5. The van der Waals surface area contributed by atoms with Gasteiger partial charge in [-0.3, -0.25) is 4.79 Å². The fraction of sp³-hybridized carbons (Fsp3) is 0.412. The smallest absolute Gasteiger partial charge is 0.263 e. The Morgan fingerprint density at radius 2 is 2.12 bits per heavy atom. The second kappa shape index (κ2) is 9.05. The summed E-state index contributed by atoms with van der Waals surface area (Å²) in [6.45, 7) is 1.77. The molecule has 0 bridgehead atoms. The van der Waals surface area contributed by atoms with E-state index in [0.717, 1.165) is 28.5 Å². The van der Waals surface area contributed by atoms with E-state index in [0.29, 0.717) is 10.6 Å². The molecule has 1 atom stereocenters. The van der Waals surface area contributed by atoms with Crippen molar-refractivity contribution < 1.29 is 14.6 Å². The molecule has 7 heteroatoms. The summed E-state index contributed by atoms with van der Waals surface area (Å²) in [5.74, 6) is 1.50. The molecule has 5 nitrogen and oxygen atoms in total. The van der Waals surface area contributed by atoms with Crippen molar-refractivity contribution in [2.45, 2.75) is 19.4 Å². The number of carbonyl (C=O) groups excluding carboxylic acids is 1. The lowest BCUT2D eigenvalue weighted by atomic mass is 10.2. The van der Waals surface area contributed by atoms with Crippen molar-refractivity contribution in [3.05, 3.63) is 34.8 Å². The van der Waals surface area contributed by atoms with E-state index in [4.69, 9.17) is 4.74 Å². The Bertz CT molecular complexity index is 671. The van der Waals surface area contributed by atoms with Crippen LogP contribution in [0, 0.1) is 6.92 Å². The Hall–Kier alpha value is -1.57. The van der Waals surface area contributed by atoms with Crippen LogP contribution in [-0.4, -0.2) is 47.8 Å². The second-order valence-corrected chi connectivity index (χ2v) is 7.28. The first-order valence-electron chi connectivity index (χ1n) is 7.61. The van der Waals surface area contributed by atoms with E-state index in [1.54, 1.807) is 18.9 Å². The molecule has 0 saturated carbocycles. The number of rotatable bonds is 8. The molecular formula is C17H22N2O3S2. The molecule has 0 radical (unpaired) electrons. The first-order chi connectivity index (χ1) is 11.6. The Morgan fingerprint density at radius 3 is 2.71 bits per heavy atom. The minimum absolute atomic E-state index is 0.0600. The number of aryl methyl sites for hydroxylation is 1. The number of amides is 1. The number of benzene rings is 1. The average molecular weight is 367 g/mol. The molecule has 24 heavy (non-hydrogen) atoms. The zero-order chi connectivity index (χ0) is 17.5. The molecule has 0 saturated heterocycles. The summed E-state index contributed by atoms with van der Waals surface area (Å²) in [5, 5.41) is 13.1. The van der Waals surface area contributed by atoms with Gasteiger partial charge in [0.2, 0.25) is 0 Å². The summed E-state index contributed by atoms with van der Waals surface area (Å²) in [7, 11) is 1.62. The molecule has 1 aromatic carbocycles. The second-order valence-electron chi connectivity index (χ2n) is 5.30.